The highest BCUT2D eigenvalue weighted by atomic mass is 16.5. The lowest BCUT2D eigenvalue weighted by atomic mass is 9.87. The smallest absolute Gasteiger partial charge is 0.119 e. The molecule has 2 aromatic rings. The fourth-order valence-corrected chi connectivity index (χ4v) is 3.52. The molecule has 1 unspecified atom stereocenters. The Hall–Kier alpha value is -1.76. The molecule has 130 valence electrons. The molecule has 2 aromatic carbocycles. The molecule has 1 heteroatoms. The molecular weight excluding hydrogens is 292 g/mol. The van der Waals surface area contributed by atoms with Crippen LogP contribution in [0.3, 0.4) is 0 Å². The molecule has 0 aliphatic carbocycles. The zero-order valence-corrected chi connectivity index (χ0v) is 16.1. The van der Waals surface area contributed by atoms with Crippen LogP contribution < -0.4 is 4.74 Å². The van der Waals surface area contributed by atoms with E-state index in [0.29, 0.717) is 11.8 Å². The van der Waals surface area contributed by atoms with Crippen LogP contribution in [-0.4, -0.2) is 6.61 Å². The average Bonchev–Trinajstić information content (AvgIpc) is 2.52. The maximum absolute atomic E-state index is 5.70. The van der Waals surface area contributed by atoms with Gasteiger partial charge in [-0.25, -0.2) is 0 Å². The summed E-state index contributed by atoms with van der Waals surface area (Å²) in [5.41, 5.74) is 7.12. The van der Waals surface area contributed by atoms with E-state index in [0.717, 1.165) is 18.8 Å². The quantitative estimate of drug-likeness (QED) is 0.560. The standard InChI is InChI=1S/C23H32O/c1-7-24-21-11-13-22(16(2)3)20(15-21)10-9-18(5)23-12-8-17(4)14-19(23)6/h8,11-16,18H,7,9-10H2,1-6H3. The predicted molar refractivity (Wildman–Crippen MR) is 104 cm³/mol. The molecule has 0 N–H and O–H groups in total. The Labute approximate surface area is 148 Å². The monoisotopic (exact) mass is 324 g/mol. The minimum absolute atomic E-state index is 0.548. The van der Waals surface area contributed by atoms with Crippen molar-refractivity contribution in [1.29, 1.82) is 0 Å². The zero-order valence-electron chi connectivity index (χ0n) is 16.1. The molecular formula is C23H32O. The first-order valence-electron chi connectivity index (χ1n) is 9.25. The van der Waals surface area contributed by atoms with Gasteiger partial charge in [0.15, 0.2) is 0 Å². The van der Waals surface area contributed by atoms with Gasteiger partial charge in [0, 0.05) is 0 Å². The molecule has 0 saturated heterocycles. The van der Waals surface area contributed by atoms with Gasteiger partial charge >= 0.3 is 0 Å². The highest BCUT2D eigenvalue weighted by Gasteiger charge is 2.13. The van der Waals surface area contributed by atoms with Crippen LogP contribution in [0.5, 0.6) is 5.75 Å². The van der Waals surface area contributed by atoms with Crippen molar-refractivity contribution >= 4 is 0 Å². The molecule has 24 heavy (non-hydrogen) atoms. The Kier molecular flexibility index (Phi) is 6.48. The van der Waals surface area contributed by atoms with Crippen LogP contribution in [0.4, 0.5) is 0 Å². The van der Waals surface area contributed by atoms with Gasteiger partial charge in [0.25, 0.3) is 0 Å². The van der Waals surface area contributed by atoms with Crippen molar-refractivity contribution in [3.05, 3.63) is 64.2 Å². The van der Waals surface area contributed by atoms with Crippen LogP contribution in [0.15, 0.2) is 36.4 Å². The second-order valence-electron chi connectivity index (χ2n) is 7.25. The molecule has 0 aliphatic heterocycles. The van der Waals surface area contributed by atoms with Crippen molar-refractivity contribution in [3.8, 4) is 5.75 Å². The third-order valence-electron chi connectivity index (χ3n) is 4.85. The van der Waals surface area contributed by atoms with Gasteiger partial charge in [-0.05, 0) is 79.8 Å². The molecule has 1 nitrogen and oxygen atoms in total. The Balaban J connectivity index is 2.16. The highest BCUT2D eigenvalue weighted by Crippen LogP contribution is 2.29. The Morgan fingerprint density at radius 3 is 2.25 bits per heavy atom. The van der Waals surface area contributed by atoms with Gasteiger partial charge in [0.05, 0.1) is 6.61 Å². The van der Waals surface area contributed by atoms with E-state index in [1.54, 1.807) is 0 Å². The minimum atomic E-state index is 0.548. The second kappa shape index (κ2) is 8.37. The largest absolute Gasteiger partial charge is 0.494 e. The molecule has 0 amide bonds. The summed E-state index contributed by atoms with van der Waals surface area (Å²) in [6.45, 7) is 14.0. The van der Waals surface area contributed by atoms with Crippen LogP contribution in [-0.2, 0) is 6.42 Å². The van der Waals surface area contributed by atoms with E-state index in [9.17, 15) is 0 Å². The number of rotatable bonds is 7. The van der Waals surface area contributed by atoms with Crippen molar-refractivity contribution in [2.45, 2.75) is 66.2 Å². The van der Waals surface area contributed by atoms with Crippen LogP contribution in [0.2, 0.25) is 0 Å². The fraction of sp³-hybridized carbons (Fsp3) is 0.478. The number of hydrogen-bond acceptors (Lipinski definition) is 1. The molecule has 0 aliphatic rings. The summed E-state index contributed by atoms with van der Waals surface area (Å²) >= 11 is 0. The maximum Gasteiger partial charge on any atom is 0.119 e. The van der Waals surface area contributed by atoms with E-state index in [1.807, 2.05) is 6.92 Å². The van der Waals surface area contributed by atoms with Gasteiger partial charge in [-0.3, -0.25) is 0 Å². The van der Waals surface area contributed by atoms with E-state index < -0.39 is 0 Å². The number of hydrogen-bond donors (Lipinski definition) is 0. The lowest BCUT2D eigenvalue weighted by Gasteiger charge is -2.18. The maximum atomic E-state index is 5.70. The summed E-state index contributed by atoms with van der Waals surface area (Å²) in [6, 6.07) is 13.4. The first kappa shape index (κ1) is 18.6. The second-order valence-corrected chi connectivity index (χ2v) is 7.25. The molecule has 0 fully saturated rings. The van der Waals surface area contributed by atoms with Crippen LogP contribution in [0, 0.1) is 13.8 Å². The summed E-state index contributed by atoms with van der Waals surface area (Å²) in [4.78, 5) is 0. The molecule has 1 atom stereocenters. The third-order valence-corrected chi connectivity index (χ3v) is 4.85. The molecule has 0 saturated carbocycles. The first-order valence-corrected chi connectivity index (χ1v) is 9.25. The van der Waals surface area contributed by atoms with Gasteiger partial charge < -0.3 is 4.74 Å². The van der Waals surface area contributed by atoms with Crippen molar-refractivity contribution < 1.29 is 4.74 Å². The normalized spacial score (nSPS) is 12.5. The van der Waals surface area contributed by atoms with Gasteiger partial charge in [-0.2, -0.15) is 0 Å². The van der Waals surface area contributed by atoms with Gasteiger partial charge in [-0.15, -0.1) is 0 Å². The Morgan fingerprint density at radius 2 is 1.62 bits per heavy atom. The lowest BCUT2D eigenvalue weighted by Crippen LogP contribution is -2.03. The first-order chi connectivity index (χ1) is 11.4. The van der Waals surface area contributed by atoms with Gasteiger partial charge in [-0.1, -0.05) is 50.6 Å². The van der Waals surface area contributed by atoms with Crippen LogP contribution in [0.1, 0.15) is 73.8 Å². The summed E-state index contributed by atoms with van der Waals surface area (Å²) in [7, 11) is 0. The van der Waals surface area contributed by atoms with E-state index >= 15 is 0 Å². The van der Waals surface area contributed by atoms with E-state index in [1.165, 1.54) is 34.2 Å². The molecule has 0 aromatic heterocycles. The predicted octanol–water partition coefficient (Wildman–Crippen LogP) is 6.56. The lowest BCUT2D eigenvalue weighted by molar-refractivity contribution is 0.339. The SMILES string of the molecule is CCOc1ccc(C(C)C)c(CCC(C)c2ccc(C)cc2C)c1. The number of benzene rings is 2. The van der Waals surface area contributed by atoms with Gasteiger partial charge in [0.1, 0.15) is 5.75 Å². The van der Waals surface area contributed by atoms with Crippen LogP contribution >= 0.6 is 0 Å². The summed E-state index contributed by atoms with van der Waals surface area (Å²) in [5, 5.41) is 0. The van der Waals surface area contributed by atoms with E-state index in [2.05, 4.69) is 71.0 Å². The average molecular weight is 325 g/mol. The number of ether oxygens (including phenoxy) is 1. The Morgan fingerprint density at radius 1 is 0.917 bits per heavy atom. The van der Waals surface area contributed by atoms with Gasteiger partial charge in [0.2, 0.25) is 0 Å². The van der Waals surface area contributed by atoms with Crippen LogP contribution in [0.25, 0.3) is 0 Å². The van der Waals surface area contributed by atoms with Crippen molar-refractivity contribution in [3.63, 3.8) is 0 Å². The van der Waals surface area contributed by atoms with Crippen molar-refractivity contribution in [1.82, 2.24) is 0 Å². The molecule has 2 rings (SSSR count). The summed E-state index contributed by atoms with van der Waals surface area (Å²) in [6.07, 6.45) is 2.27. The minimum Gasteiger partial charge on any atom is -0.494 e. The summed E-state index contributed by atoms with van der Waals surface area (Å²) < 4.78 is 5.70. The highest BCUT2D eigenvalue weighted by molar-refractivity contribution is 5.38. The Bertz CT molecular complexity index is 670. The molecule has 0 radical (unpaired) electrons. The van der Waals surface area contributed by atoms with Crippen molar-refractivity contribution in [2.24, 2.45) is 0 Å². The number of aryl methyl sites for hydroxylation is 3. The molecule has 0 spiro atoms. The van der Waals surface area contributed by atoms with Crippen molar-refractivity contribution in [2.75, 3.05) is 6.61 Å². The van der Waals surface area contributed by atoms with E-state index in [4.69, 9.17) is 4.74 Å². The molecule has 0 bridgehead atoms. The zero-order chi connectivity index (χ0) is 17.7. The fourth-order valence-electron chi connectivity index (χ4n) is 3.52. The summed E-state index contributed by atoms with van der Waals surface area (Å²) in [5.74, 6) is 2.12. The van der Waals surface area contributed by atoms with E-state index in [-0.39, 0.29) is 0 Å². The third kappa shape index (κ3) is 4.63. The molecule has 0 heterocycles. The topological polar surface area (TPSA) is 9.23 Å².